The average molecular weight is 327 g/mol. The summed E-state index contributed by atoms with van der Waals surface area (Å²) in [7, 11) is 1.35. The van der Waals surface area contributed by atoms with Crippen LogP contribution >= 0.6 is 15.9 Å². The Morgan fingerprint density at radius 2 is 2.37 bits per heavy atom. The highest BCUT2D eigenvalue weighted by molar-refractivity contribution is 9.10. The Bertz CT molecular complexity index is 493. The first-order valence-corrected chi connectivity index (χ1v) is 6.77. The second kappa shape index (κ2) is 6.06. The summed E-state index contributed by atoms with van der Waals surface area (Å²) < 4.78 is 5.51. The molecule has 102 valence electrons. The summed E-state index contributed by atoms with van der Waals surface area (Å²) in [5.41, 5.74) is 1.54. The molecule has 1 atom stereocenters. The molecule has 0 spiro atoms. The van der Waals surface area contributed by atoms with Gasteiger partial charge in [0.25, 0.3) is 0 Å². The Morgan fingerprint density at radius 3 is 3.05 bits per heavy atom. The maximum absolute atomic E-state index is 11.2. The van der Waals surface area contributed by atoms with Gasteiger partial charge in [0.15, 0.2) is 6.29 Å². The van der Waals surface area contributed by atoms with Gasteiger partial charge >= 0.3 is 6.09 Å². The third kappa shape index (κ3) is 3.26. The van der Waals surface area contributed by atoms with Crippen molar-refractivity contribution >= 4 is 34.0 Å². The molecular formula is C13H15BrN2O3. The lowest BCUT2D eigenvalue weighted by atomic mass is 10.2. The monoisotopic (exact) mass is 326 g/mol. The fraction of sp³-hybridized carbons (Fsp3) is 0.385. The van der Waals surface area contributed by atoms with E-state index in [9.17, 15) is 9.59 Å². The van der Waals surface area contributed by atoms with Crippen LogP contribution in [0.1, 0.15) is 16.8 Å². The molecule has 1 aromatic rings. The smallest absolute Gasteiger partial charge is 0.407 e. The van der Waals surface area contributed by atoms with E-state index >= 15 is 0 Å². The Labute approximate surface area is 120 Å². The highest BCUT2D eigenvalue weighted by Gasteiger charge is 2.25. The highest BCUT2D eigenvalue weighted by atomic mass is 79.9. The molecule has 1 saturated heterocycles. The second-order valence-corrected chi connectivity index (χ2v) is 5.30. The molecule has 1 N–H and O–H groups in total. The largest absolute Gasteiger partial charge is 0.453 e. The zero-order valence-electron chi connectivity index (χ0n) is 10.6. The van der Waals surface area contributed by atoms with Gasteiger partial charge in [-0.1, -0.05) is 15.9 Å². The van der Waals surface area contributed by atoms with Gasteiger partial charge in [0.05, 0.1) is 13.2 Å². The third-order valence-corrected chi connectivity index (χ3v) is 3.65. The van der Waals surface area contributed by atoms with Crippen LogP contribution in [0.4, 0.5) is 10.5 Å². The van der Waals surface area contributed by atoms with Gasteiger partial charge in [-0.15, -0.1) is 0 Å². The number of hydrogen-bond acceptors (Lipinski definition) is 4. The molecule has 1 aromatic carbocycles. The number of aldehydes is 1. The highest BCUT2D eigenvalue weighted by Crippen LogP contribution is 2.27. The zero-order valence-corrected chi connectivity index (χ0v) is 12.1. The quantitative estimate of drug-likeness (QED) is 0.865. The zero-order chi connectivity index (χ0) is 13.8. The Balaban J connectivity index is 2.10. The van der Waals surface area contributed by atoms with Crippen LogP contribution in [0.5, 0.6) is 0 Å². The number of anilines is 1. The number of methoxy groups -OCH3 is 1. The number of ether oxygens (including phenoxy) is 1. The first kappa shape index (κ1) is 13.9. The summed E-state index contributed by atoms with van der Waals surface area (Å²) in [6.45, 7) is 1.47. The van der Waals surface area contributed by atoms with E-state index in [0.29, 0.717) is 12.1 Å². The van der Waals surface area contributed by atoms with Gasteiger partial charge in [-0.05, 0) is 24.6 Å². The predicted octanol–water partition coefficient (Wildman–Crippen LogP) is 2.20. The number of amides is 1. The van der Waals surface area contributed by atoms with Gasteiger partial charge < -0.3 is 15.0 Å². The molecule has 2 rings (SSSR count). The van der Waals surface area contributed by atoms with Crippen LogP contribution in [-0.2, 0) is 4.74 Å². The van der Waals surface area contributed by atoms with E-state index in [1.165, 1.54) is 7.11 Å². The van der Waals surface area contributed by atoms with E-state index in [4.69, 9.17) is 0 Å². The van der Waals surface area contributed by atoms with Crippen molar-refractivity contribution in [3.05, 3.63) is 28.2 Å². The summed E-state index contributed by atoms with van der Waals surface area (Å²) in [6, 6.07) is 5.59. The number of rotatable bonds is 3. The van der Waals surface area contributed by atoms with E-state index < -0.39 is 6.09 Å². The van der Waals surface area contributed by atoms with E-state index in [0.717, 1.165) is 29.4 Å². The van der Waals surface area contributed by atoms with Crippen LogP contribution in [0.15, 0.2) is 22.7 Å². The van der Waals surface area contributed by atoms with E-state index in [2.05, 4.69) is 30.9 Å². The molecule has 0 aliphatic carbocycles. The number of nitrogens with zero attached hydrogens (tertiary/aromatic N) is 1. The lowest BCUT2D eigenvalue weighted by molar-refractivity contribution is 0.112. The Kier molecular flexibility index (Phi) is 4.42. The standard InChI is InChI=1S/C13H15BrN2O3/c1-19-13(18)15-11-4-5-16(7-11)12-6-10(14)3-2-9(12)8-17/h2-3,6,8,11H,4-5,7H2,1H3,(H,15,18). The van der Waals surface area contributed by atoms with E-state index in [1.807, 2.05) is 12.1 Å². The molecule has 5 nitrogen and oxygen atoms in total. The summed E-state index contributed by atoms with van der Waals surface area (Å²) >= 11 is 3.41. The Hall–Kier alpha value is -1.56. The van der Waals surface area contributed by atoms with E-state index in [1.54, 1.807) is 6.07 Å². The van der Waals surface area contributed by atoms with Crippen molar-refractivity contribution in [3.63, 3.8) is 0 Å². The van der Waals surface area contributed by atoms with Crippen molar-refractivity contribution in [2.75, 3.05) is 25.1 Å². The number of nitrogens with one attached hydrogen (secondary N) is 1. The van der Waals surface area contributed by atoms with Crippen LogP contribution in [0.3, 0.4) is 0 Å². The molecule has 0 saturated carbocycles. The summed E-state index contributed by atoms with van der Waals surface area (Å²) in [5, 5.41) is 2.78. The molecule has 1 aliphatic heterocycles. The first-order valence-electron chi connectivity index (χ1n) is 5.98. The molecule has 1 aliphatic rings. The normalized spacial score (nSPS) is 18.2. The fourth-order valence-electron chi connectivity index (χ4n) is 2.21. The number of benzene rings is 1. The summed E-state index contributed by atoms with van der Waals surface area (Å²) in [5.74, 6) is 0. The molecule has 0 bridgehead atoms. The second-order valence-electron chi connectivity index (χ2n) is 4.39. The third-order valence-electron chi connectivity index (χ3n) is 3.16. The van der Waals surface area contributed by atoms with Crippen molar-refractivity contribution in [2.24, 2.45) is 0 Å². The lowest BCUT2D eigenvalue weighted by Gasteiger charge is -2.20. The van der Waals surface area contributed by atoms with Gasteiger partial charge in [-0.2, -0.15) is 0 Å². The Morgan fingerprint density at radius 1 is 1.58 bits per heavy atom. The molecule has 1 heterocycles. The van der Waals surface area contributed by atoms with Gasteiger partial charge in [-0.25, -0.2) is 4.79 Å². The van der Waals surface area contributed by atoms with E-state index in [-0.39, 0.29) is 6.04 Å². The molecule has 1 amide bonds. The van der Waals surface area contributed by atoms with Crippen LogP contribution in [0.25, 0.3) is 0 Å². The van der Waals surface area contributed by atoms with Crippen molar-refractivity contribution in [3.8, 4) is 0 Å². The van der Waals surface area contributed by atoms with Crippen molar-refractivity contribution in [1.82, 2.24) is 5.32 Å². The molecule has 1 fully saturated rings. The maximum atomic E-state index is 11.2. The van der Waals surface area contributed by atoms with Gasteiger partial charge in [0.1, 0.15) is 0 Å². The van der Waals surface area contributed by atoms with Crippen LogP contribution in [0, 0.1) is 0 Å². The minimum atomic E-state index is -0.420. The van der Waals surface area contributed by atoms with Crippen molar-refractivity contribution < 1.29 is 14.3 Å². The molecule has 19 heavy (non-hydrogen) atoms. The van der Waals surface area contributed by atoms with Gasteiger partial charge in [-0.3, -0.25) is 4.79 Å². The number of carbonyl (C=O) groups is 2. The molecular weight excluding hydrogens is 312 g/mol. The lowest BCUT2D eigenvalue weighted by Crippen LogP contribution is -2.37. The topological polar surface area (TPSA) is 58.6 Å². The van der Waals surface area contributed by atoms with Crippen LogP contribution < -0.4 is 10.2 Å². The number of alkyl carbamates (subject to hydrolysis) is 1. The minimum Gasteiger partial charge on any atom is -0.453 e. The van der Waals surface area contributed by atoms with Crippen molar-refractivity contribution in [1.29, 1.82) is 0 Å². The van der Waals surface area contributed by atoms with Crippen LogP contribution in [-0.4, -0.2) is 38.6 Å². The number of halogens is 1. The van der Waals surface area contributed by atoms with Gasteiger partial charge in [0.2, 0.25) is 0 Å². The average Bonchev–Trinajstić information content (AvgIpc) is 2.86. The van der Waals surface area contributed by atoms with Crippen molar-refractivity contribution in [2.45, 2.75) is 12.5 Å². The maximum Gasteiger partial charge on any atom is 0.407 e. The fourth-order valence-corrected chi connectivity index (χ4v) is 2.56. The molecule has 0 aromatic heterocycles. The molecule has 1 unspecified atom stereocenters. The number of hydrogen-bond donors (Lipinski definition) is 1. The number of carbonyl (C=O) groups excluding carboxylic acids is 2. The minimum absolute atomic E-state index is 0.0472. The SMILES string of the molecule is COC(=O)NC1CCN(c2cc(Br)ccc2C=O)C1. The van der Waals surface area contributed by atoms with Crippen LogP contribution in [0.2, 0.25) is 0 Å². The molecule has 0 radical (unpaired) electrons. The van der Waals surface area contributed by atoms with Gasteiger partial charge in [0, 0.05) is 28.8 Å². The molecule has 6 heteroatoms. The summed E-state index contributed by atoms with van der Waals surface area (Å²) in [6.07, 6.45) is 1.26. The predicted molar refractivity (Wildman–Crippen MR) is 75.7 cm³/mol. The summed E-state index contributed by atoms with van der Waals surface area (Å²) in [4.78, 5) is 24.3. The first-order chi connectivity index (χ1) is 9.13.